The molecule has 0 amide bonds. The largest absolute Gasteiger partial charge is 0.438 e. The van der Waals surface area contributed by atoms with Crippen LogP contribution >= 0.6 is 23.1 Å². The highest BCUT2D eigenvalue weighted by Gasteiger charge is 2.36. The second-order valence-electron chi connectivity index (χ2n) is 6.88. The zero-order valence-electron chi connectivity index (χ0n) is 15.8. The van der Waals surface area contributed by atoms with E-state index in [0.717, 1.165) is 22.8 Å². The van der Waals surface area contributed by atoms with Crippen LogP contribution in [-0.2, 0) is 0 Å². The number of ether oxygens (including phenoxy) is 1. The fourth-order valence-corrected chi connectivity index (χ4v) is 4.53. The summed E-state index contributed by atoms with van der Waals surface area (Å²) in [7, 11) is 0. The normalized spacial score (nSPS) is 15.3. The number of rotatable bonds is 3. The summed E-state index contributed by atoms with van der Waals surface area (Å²) in [5.74, 6) is 0.265. The number of aromatic amines is 1. The van der Waals surface area contributed by atoms with Crippen molar-refractivity contribution >= 4 is 44.9 Å². The van der Waals surface area contributed by atoms with E-state index in [1.54, 1.807) is 12.1 Å². The maximum atomic E-state index is 12.4. The van der Waals surface area contributed by atoms with Gasteiger partial charge in [-0.1, -0.05) is 53.5 Å². The Morgan fingerprint density at radius 2 is 1.94 bits per heavy atom. The maximum absolute atomic E-state index is 12.4. The number of nitrogens with two attached hydrogens (primary N) is 1. The summed E-state index contributed by atoms with van der Waals surface area (Å²) in [6.45, 7) is 0. The molecule has 4 aromatic rings. The fraction of sp³-hybridized carbons (Fsp3) is 0.0455. The molecule has 1 aliphatic heterocycles. The third-order valence-corrected chi connectivity index (χ3v) is 6.14. The van der Waals surface area contributed by atoms with Crippen LogP contribution < -0.4 is 21.3 Å². The molecule has 9 heteroatoms. The van der Waals surface area contributed by atoms with E-state index in [1.807, 2.05) is 42.5 Å². The number of allylic oxidation sites excluding steroid dienone is 1. The molecule has 0 saturated heterocycles. The number of hydrogen-bond acceptors (Lipinski definition) is 7. The SMILES string of the molecule is N#CC1=C(N)Oc2c(c(Nc3ccccc3)nc3c(=O)[nH]sc23)C1c1ccc(Cl)cc1. The van der Waals surface area contributed by atoms with Gasteiger partial charge in [0.25, 0.3) is 5.56 Å². The van der Waals surface area contributed by atoms with Crippen molar-refractivity contribution in [2.75, 3.05) is 5.32 Å². The number of halogens is 1. The van der Waals surface area contributed by atoms with Crippen LogP contribution in [0.15, 0.2) is 70.8 Å². The van der Waals surface area contributed by atoms with Crippen molar-refractivity contribution in [1.29, 1.82) is 5.26 Å². The molecule has 1 aliphatic rings. The van der Waals surface area contributed by atoms with Gasteiger partial charge in [0.05, 0.1) is 11.5 Å². The van der Waals surface area contributed by atoms with Crippen molar-refractivity contribution in [2.24, 2.45) is 5.73 Å². The molecule has 0 radical (unpaired) electrons. The van der Waals surface area contributed by atoms with Crippen LogP contribution in [-0.4, -0.2) is 9.36 Å². The van der Waals surface area contributed by atoms with Gasteiger partial charge in [-0.2, -0.15) is 5.26 Å². The van der Waals surface area contributed by atoms with Crippen molar-refractivity contribution in [1.82, 2.24) is 9.36 Å². The lowest BCUT2D eigenvalue weighted by atomic mass is 9.83. The van der Waals surface area contributed by atoms with Gasteiger partial charge in [-0.25, -0.2) is 4.98 Å². The number of nitrogens with one attached hydrogen (secondary N) is 2. The van der Waals surface area contributed by atoms with E-state index >= 15 is 0 Å². The molecule has 0 spiro atoms. The molecule has 2 aromatic heterocycles. The number of hydrogen-bond donors (Lipinski definition) is 3. The predicted octanol–water partition coefficient (Wildman–Crippen LogP) is 4.60. The number of H-pyrrole nitrogens is 1. The average molecular weight is 448 g/mol. The summed E-state index contributed by atoms with van der Waals surface area (Å²) in [6, 6.07) is 18.8. The molecule has 2 aromatic carbocycles. The van der Waals surface area contributed by atoms with Gasteiger partial charge in [0, 0.05) is 10.7 Å². The minimum Gasteiger partial charge on any atom is -0.438 e. The molecule has 31 heavy (non-hydrogen) atoms. The van der Waals surface area contributed by atoms with E-state index in [9.17, 15) is 10.1 Å². The van der Waals surface area contributed by atoms with E-state index in [0.29, 0.717) is 26.9 Å². The Balaban J connectivity index is 1.82. The molecule has 4 N–H and O–H groups in total. The zero-order valence-corrected chi connectivity index (χ0v) is 17.4. The van der Waals surface area contributed by atoms with Gasteiger partial charge >= 0.3 is 0 Å². The molecule has 0 fully saturated rings. The first kappa shape index (κ1) is 19.2. The lowest BCUT2D eigenvalue weighted by molar-refractivity contribution is 0.399. The summed E-state index contributed by atoms with van der Waals surface area (Å²) in [6.07, 6.45) is 0. The third kappa shape index (κ3) is 3.20. The number of benzene rings is 2. The van der Waals surface area contributed by atoms with E-state index in [2.05, 4.69) is 20.7 Å². The van der Waals surface area contributed by atoms with Gasteiger partial charge in [0.1, 0.15) is 22.2 Å². The Hall–Kier alpha value is -3.80. The fourth-order valence-electron chi connectivity index (χ4n) is 3.64. The molecule has 1 atom stereocenters. The predicted molar refractivity (Wildman–Crippen MR) is 121 cm³/mol. The lowest BCUT2D eigenvalue weighted by Gasteiger charge is -2.28. The van der Waals surface area contributed by atoms with Gasteiger partial charge in [-0.3, -0.25) is 9.17 Å². The van der Waals surface area contributed by atoms with Gasteiger partial charge < -0.3 is 15.8 Å². The minimum absolute atomic E-state index is 0.00559. The summed E-state index contributed by atoms with van der Waals surface area (Å²) in [5.41, 5.74) is 8.53. The molecule has 3 heterocycles. The summed E-state index contributed by atoms with van der Waals surface area (Å²) in [4.78, 5) is 17.0. The number of fused-ring (bicyclic) bond motifs is 3. The molecule has 152 valence electrons. The molecule has 0 saturated carbocycles. The monoisotopic (exact) mass is 447 g/mol. The Morgan fingerprint density at radius 1 is 1.19 bits per heavy atom. The van der Waals surface area contributed by atoms with Crippen LogP contribution in [0.4, 0.5) is 11.5 Å². The highest BCUT2D eigenvalue weighted by Crippen LogP contribution is 2.49. The lowest BCUT2D eigenvalue weighted by Crippen LogP contribution is -2.23. The smallest absolute Gasteiger partial charge is 0.284 e. The van der Waals surface area contributed by atoms with Crippen molar-refractivity contribution in [3.05, 3.63) is 92.6 Å². The van der Waals surface area contributed by atoms with Crippen LogP contribution in [0.2, 0.25) is 5.02 Å². The first-order valence-corrected chi connectivity index (χ1v) is 10.5. The summed E-state index contributed by atoms with van der Waals surface area (Å²) in [5, 5.41) is 13.7. The van der Waals surface area contributed by atoms with E-state index in [-0.39, 0.29) is 22.5 Å². The van der Waals surface area contributed by atoms with Crippen LogP contribution in [0.25, 0.3) is 10.2 Å². The second kappa shape index (κ2) is 7.47. The maximum Gasteiger partial charge on any atom is 0.284 e. The van der Waals surface area contributed by atoms with E-state index in [4.69, 9.17) is 22.1 Å². The van der Waals surface area contributed by atoms with Crippen LogP contribution in [0, 0.1) is 11.3 Å². The van der Waals surface area contributed by atoms with Gasteiger partial charge in [0.15, 0.2) is 11.3 Å². The first-order valence-electron chi connectivity index (χ1n) is 9.27. The zero-order chi connectivity index (χ0) is 21.5. The van der Waals surface area contributed by atoms with Crippen LogP contribution in [0.3, 0.4) is 0 Å². The molecule has 7 nitrogen and oxygen atoms in total. The number of nitriles is 1. The third-order valence-electron chi connectivity index (χ3n) is 5.02. The van der Waals surface area contributed by atoms with E-state index in [1.165, 1.54) is 0 Å². The van der Waals surface area contributed by atoms with Crippen LogP contribution in [0.5, 0.6) is 5.75 Å². The molecular weight excluding hydrogens is 434 g/mol. The van der Waals surface area contributed by atoms with Gasteiger partial charge in [-0.05, 0) is 29.8 Å². The van der Waals surface area contributed by atoms with Gasteiger partial charge in [0.2, 0.25) is 5.88 Å². The topological polar surface area (TPSA) is 117 Å². The van der Waals surface area contributed by atoms with Crippen LogP contribution in [0.1, 0.15) is 17.0 Å². The van der Waals surface area contributed by atoms with Gasteiger partial charge in [-0.15, -0.1) is 0 Å². The number of para-hydroxylation sites is 1. The highest BCUT2D eigenvalue weighted by molar-refractivity contribution is 7.13. The van der Waals surface area contributed by atoms with Crippen molar-refractivity contribution in [3.63, 3.8) is 0 Å². The standard InChI is InChI=1S/C22H14ClN5O2S/c23-12-8-6-11(7-9-12)15-14(10-24)20(25)30-18-16(15)21(26-13-4-2-1-3-5-13)27-17-19(18)31-28-22(17)29/h1-9,15H,25H2,(H,26,27)(H,28,29). The summed E-state index contributed by atoms with van der Waals surface area (Å²) >= 11 is 7.20. The molecule has 5 rings (SSSR count). The summed E-state index contributed by atoms with van der Waals surface area (Å²) < 4.78 is 9.13. The second-order valence-corrected chi connectivity index (χ2v) is 8.13. The number of aromatic nitrogens is 2. The Morgan fingerprint density at radius 3 is 2.65 bits per heavy atom. The Bertz CT molecular complexity index is 1440. The molecular formula is C22H14ClN5O2S. The Kier molecular flexibility index (Phi) is 4.62. The number of nitrogens with zero attached hydrogens (tertiary/aromatic N) is 2. The van der Waals surface area contributed by atoms with Crippen molar-refractivity contribution in [3.8, 4) is 11.8 Å². The van der Waals surface area contributed by atoms with E-state index < -0.39 is 5.92 Å². The molecule has 0 bridgehead atoms. The van der Waals surface area contributed by atoms with Crippen molar-refractivity contribution in [2.45, 2.75) is 5.92 Å². The number of anilines is 2. The quantitative estimate of drug-likeness (QED) is 0.422. The minimum atomic E-state index is -0.550. The average Bonchev–Trinajstić information content (AvgIpc) is 3.15. The first-order chi connectivity index (χ1) is 15.1. The van der Waals surface area contributed by atoms with Crippen molar-refractivity contribution < 1.29 is 4.74 Å². The highest BCUT2D eigenvalue weighted by atomic mass is 35.5. The Labute approximate surface area is 185 Å². The molecule has 0 aliphatic carbocycles. The molecule has 1 unspecified atom stereocenters. The number of pyridine rings is 1.